The van der Waals surface area contributed by atoms with E-state index in [2.05, 4.69) is 9.71 Å². The average molecular weight is 442 g/mol. The third-order valence-electron chi connectivity index (χ3n) is 5.59. The van der Waals surface area contributed by atoms with Crippen molar-refractivity contribution in [3.8, 4) is 0 Å². The van der Waals surface area contributed by atoms with E-state index in [0.29, 0.717) is 48.5 Å². The first-order valence-electron chi connectivity index (χ1n) is 10.2. The number of benzene rings is 2. The van der Waals surface area contributed by atoms with Crippen LogP contribution in [0.2, 0.25) is 0 Å². The SMILES string of the molecule is CC1=C(c2ccccc2)S(=O)(=O)N=C1N1CCC(NC(=O)Cc2cccc(F)c2)CC1. The van der Waals surface area contributed by atoms with Gasteiger partial charge in [0.05, 0.1) is 6.42 Å². The van der Waals surface area contributed by atoms with E-state index in [1.807, 2.05) is 11.0 Å². The van der Waals surface area contributed by atoms with Gasteiger partial charge in [-0.2, -0.15) is 8.42 Å². The van der Waals surface area contributed by atoms with Crippen molar-refractivity contribution in [3.05, 3.63) is 77.1 Å². The van der Waals surface area contributed by atoms with Gasteiger partial charge in [-0.15, -0.1) is 4.40 Å². The van der Waals surface area contributed by atoms with E-state index in [1.54, 1.807) is 43.3 Å². The summed E-state index contributed by atoms with van der Waals surface area (Å²) in [4.78, 5) is 14.5. The number of likely N-dealkylation sites (tertiary alicyclic amines) is 1. The fourth-order valence-corrected chi connectivity index (χ4v) is 5.60. The van der Waals surface area contributed by atoms with Gasteiger partial charge in [-0.25, -0.2) is 4.39 Å². The molecule has 6 nitrogen and oxygen atoms in total. The Bertz CT molecular complexity index is 1150. The zero-order valence-electron chi connectivity index (χ0n) is 17.2. The van der Waals surface area contributed by atoms with Crippen LogP contribution in [0.1, 0.15) is 30.9 Å². The first-order valence-corrected chi connectivity index (χ1v) is 11.7. The number of amidine groups is 1. The Hall–Kier alpha value is -3.00. The molecule has 2 aliphatic heterocycles. The average Bonchev–Trinajstić information content (AvgIpc) is 2.98. The van der Waals surface area contributed by atoms with Crippen molar-refractivity contribution in [2.24, 2.45) is 4.40 Å². The fraction of sp³-hybridized carbons (Fsp3) is 0.304. The Morgan fingerprint density at radius 3 is 2.52 bits per heavy atom. The zero-order chi connectivity index (χ0) is 22.0. The number of piperidine rings is 1. The molecular formula is C23H24FN3O3S. The molecule has 2 heterocycles. The summed E-state index contributed by atoms with van der Waals surface area (Å²) < 4.78 is 42.7. The number of nitrogens with one attached hydrogen (secondary N) is 1. The predicted molar refractivity (Wildman–Crippen MR) is 118 cm³/mol. The second kappa shape index (κ2) is 8.63. The number of halogens is 1. The van der Waals surface area contributed by atoms with Gasteiger partial charge in [0.15, 0.2) is 0 Å². The Balaban J connectivity index is 1.39. The number of carbonyl (C=O) groups is 1. The summed E-state index contributed by atoms with van der Waals surface area (Å²) in [5, 5.41) is 3.00. The molecule has 8 heteroatoms. The highest BCUT2D eigenvalue weighted by Gasteiger charge is 2.34. The number of rotatable bonds is 4. The molecule has 162 valence electrons. The van der Waals surface area contributed by atoms with Crippen molar-refractivity contribution in [1.29, 1.82) is 0 Å². The van der Waals surface area contributed by atoms with Crippen LogP contribution < -0.4 is 5.32 Å². The summed E-state index contributed by atoms with van der Waals surface area (Å²) in [5.41, 5.74) is 1.92. The molecule has 31 heavy (non-hydrogen) atoms. The highest BCUT2D eigenvalue weighted by atomic mass is 32.2. The smallest absolute Gasteiger partial charge is 0.285 e. The van der Waals surface area contributed by atoms with Crippen molar-refractivity contribution in [2.75, 3.05) is 13.1 Å². The highest BCUT2D eigenvalue weighted by molar-refractivity contribution is 8.00. The van der Waals surface area contributed by atoms with Crippen LogP contribution in [0.3, 0.4) is 0 Å². The van der Waals surface area contributed by atoms with Crippen molar-refractivity contribution in [2.45, 2.75) is 32.2 Å². The summed E-state index contributed by atoms with van der Waals surface area (Å²) in [7, 11) is -3.73. The number of amides is 1. The molecular weight excluding hydrogens is 417 g/mol. The summed E-state index contributed by atoms with van der Waals surface area (Å²) in [6, 6.07) is 15.0. The van der Waals surface area contributed by atoms with Gasteiger partial charge < -0.3 is 10.2 Å². The van der Waals surface area contributed by atoms with Gasteiger partial charge in [-0.3, -0.25) is 4.79 Å². The normalized spacial score (nSPS) is 18.8. The monoisotopic (exact) mass is 441 g/mol. The van der Waals surface area contributed by atoms with Gasteiger partial charge in [-0.05, 0) is 43.0 Å². The molecule has 0 radical (unpaired) electrons. The molecule has 2 aromatic rings. The van der Waals surface area contributed by atoms with Crippen LogP contribution in [0.15, 0.2) is 64.6 Å². The second-order valence-corrected chi connectivity index (χ2v) is 9.39. The van der Waals surface area contributed by atoms with E-state index in [0.717, 1.165) is 0 Å². The van der Waals surface area contributed by atoms with Gasteiger partial charge in [0, 0.05) is 24.7 Å². The first-order chi connectivity index (χ1) is 14.8. The van der Waals surface area contributed by atoms with Crippen LogP contribution in [-0.4, -0.2) is 44.2 Å². The Labute approximate surface area is 181 Å². The van der Waals surface area contributed by atoms with Crippen LogP contribution >= 0.6 is 0 Å². The first kappa shape index (κ1) is 21.2. The van der Waals surface area contributed by atoms with E-state index in [1.165, 1.54) is 12.1 Å². The number of hydrogen-bond acceptors (Lipinski definition) is 4. The van der Waals surface area contributed by atoms with E-state index in [-0.39, 0.29) is 29.1 Å². The molecule has 0 spiro atoms. The molecule has 1 saturated heterocycles. The highest BCUT2D eigenvalue weighted by Crippen LogP contribution is 2.34. The van der Waals surface area contributed by atoms with Crippen molar-refractivity contribution < 1.29 is 17.6 Å². The summed E-state index contributed by atoms with van der Waals surface area (Å²) >= 11 is 0. The minimum atomic E-state index is -3.73. The minimum Gasteiger partial charge on any atom is -0.356 e. The van der Waals surface area contributed by atoms with Crippen LogP contribution in [0.25, 0.3) is 4.91 Å². The molecule has 2 aromatic carbocycles. The maximum absolute atomic E-state index is 13.3. The number of nitrogens with zero attached hydrogens (tertiary/aromatic N) is 2. The number of carbonyl (C=O) groups excluding carboxylic acids is 1. The topological polar surface area (TPSA) is 78.8 Å². The van der Waals surface area contributed by atoms with E-state index >= 15 is 0 Å². The van der Waals surface area contributed by atoms with E-state index in [9.17, 15) is 17.6 Å². The quantitative estimate of drug-likeness (QED) is 0.791. The molecule has 4 rings (SSSR count). The maximum atomic E-state index is 13.3. The summed E-state index contributed by atoms with van der Waals surface area (Å²) in [6.45, 7) is 2.98. The third kappa shape index (κ3) is 4.69. The van der Waals surface area contributed by atoms with Crippen molar-refractivity contribution in [3.63, 3.8) is 0 Å². The predicted octanol–water partition coefficient (Wildman–Crippen LogP) is 3.12. The van der Waals surface area contributed by atoms with Gasteiger partial charge in [0.1, 0.15) is 16.6 Å². The second-order valence-electron chi connectivity index (χ2n) is 7.85. The number of sulfonamides is 1. The lowest BCUT2D eigenvalue weighted by molar-refractivity contribution is -0.121. The Morgan fingerprint density at radius 2 is 1.84 bits per heavy atom. The molecule has 0 aromatic heterocycles. The molecule has 1 fully saturated rings. The standard InChI is InChI=1S/C23H24FN3O3S/c1-16-22(18-7-3-2-4-8-18)31(29,30)26-23(16)27-12-10-20(11-13-27)25-21(28)15-17-6-5-9-19(24)14-17/h2-9,14,20H,10-13,15H2,1H3,(H,25,28). The zero-order valence-corrected chi connectivity index (χ0v) is 18.0. The van der Waals surface area contributed by atoms with Crippen LogP contribution in [0, 0.1) is 5.82 Å². The fourth-order valence-electron chi connectivity index (χ4n) is 4.12. The molecule has 0 unspecified atom stereocenters. The summed E-state index contributed by atoms with van der Waals surface area (Å²) in [5.74, 6) is -0.0140. The molecule has 0 atom stereocenters. The Morgan fingerprint density at radius 1 is 1.13 bits per heavy atom. The van der Waals surface area contributed by atoms with Gasteiger partial charge in [-0.1, -0.05) is 42.5 Å². The number of hydrogen-bond donors (Lipinski definition) is 1. The van der Waals surface area contributed by atoms with E-state index in [4.69, 9.17) is 0 Å². The van der Waals surface area contributed by atoms with Gasteiger partial charge >= 0.3 is 0 Å². The van der Waals surface area contributed by atoms with Crippen molar-refractivity contribution >= 4 is 26.7 Å². The maximum Gasteiger partial charge on any atom is 0.285 e. The van der Waals surface area contributed by atoms with Crippen molar-refractivity contribution in [1.82, 2.24) is 10.2 Å². The lowest BCUT2D eigenvalue weighted by Gasteiger charge is -2.33. The van der Waals surface area contributed by atoms with E-state index < -0.39 is 10.0 Å². The third-order valence-corrected chi connectivity index (χ3v) is 7.06. The minimum absolute atomic E-state index is 0.00574. The van der Waals surface area contributed by atoms with Crippen LogP contribution in [-0.2, 0) is 21.2 Å². The Kier molecular flexibility index (Phi) is 5.91. The van der Waals surface area contributed by atoms with Crippen LogP contribution in [0.4, 0.5) is 4.39 Å². The lowest BCUT2D eigenvalue weighted by Crippen LogP contribution is -2.47. The molecule has 1 amide bonds. The van der Waals surface area contributed by atoms with Gasteiger partial charge in [0.2, 0.25) is 5.91 Å². The summed E-state index contributed by atoms with van der Waals surface area (Å²) in [6.07, 6.45) is 1.50. The molecule has 2 aliphatic rings. The van der Waals surface area contributed by atoms with Crippen LogP contribution in [0.5, 0.6) is 0 Å². The lowest BCUT2D eigenvalue weighted by atomic mass is 10.0. The molecule has 0 saturated carbocycles. The molecule has 1 N–H and O–H groups in total. The molecule has 0 bridgehead atoms. The molecule has 0 aliphatic carbocycles. The largest absolute Gasteiger partial charge is 0.356 e. The van der Waals surface area contributed by atoms with Gasteiger partial charge in [0.25, 0.3) is 10.0 Å².